The van der Waals surface area contributed by atoms with E-state index < -0.39 is 0 Å². The standard InChI is InChI=1S/C15H21N3O/c1-12-13(3-2-7-17-12)14(19)18-9-5-15(6-10-18)4-8-16-11-15/h2-3,7,16H,4-6,8-11H2,1H3. The van der Waals surface area contributed by atoms with Crippen LogP contribution in [-0.2, 0) is 0 Å². The number of nitrogens with zero attached hydrogens (tertiary/aromatic N) is 2. The quantitative estimate of drug-likeness (QED) is 0.833. The van der Waals surface area contributed by atoms with Gasteiger partial charge in [0.15, 0.2) is 0 Å². The first-order valence-electron chi connectivity index (χ1n) is 7.12. The zero-order valence-corrected chi connectivity index (χ0v) is 11.5. The Morgan fingerprint density at radius 3 is 2.79 bits per heavy atom. The summed E-state index contributed by atoms with van der Waals surface area (Å²) < 4.78 is 0. The maximum absolute atomic E-state index is 12.5. The van der Waals surface area contributed by atoms with Crippen LogP contribution < -0.4 is 5.32 Å². The lowest BCUT2D eigenvalue weighted by Gasteiger charge is -2.39. The molecule has 4 heteroatoms. The first-order chi connectivity index (χ1) is 9.20. The number of amides is 1. The van der Waals surface area contributed by atoms with Gasteiger partial charge in [-0.2, -0.15) is 0 Å². The normalized spacial score (nSPS) is 21.8. The molecule has 2 aliphatic heterocycles. The summed E-state index contributed by atoms with van der Waals surface area (Å²) in [6, 6.07) is 3.72. The van der Waals surface area contributed by atoms with Gasteiger partial charge in [0.05, 0.1) is 5.56 Å². The Kier molecular flexibility index (Phi) is 3.27. The highest BCUT2D eigenvalue weighted by molar-refractivity contribution is 5.95. The van der Waals surface area contributed by atoms with Crippen molar-refractivity contribution in [2.45, 2.75) is 26.2 Å². The van der Waals surface area contributed by atoms with Crippen molar-refractivity contribution in [1.82, 2.24) is 15.2 Å². The molecule has 2 aliphatic rings. The van der Waals surface area contributed by atoms with Gasteiger partial charge in [0.1, 0.15) is 0 Å². The van der Waals surface area contributed by atoms with Gasteiger partial charge < -0.3 is 10.2 Å². The number of carbonyl (C=O) groups is 1. The molecule has 1 N–H and O–H groups in total. The Morgan fingerprint density at radius 2 is 2.16 bits per heavy atom. The molecule has 2 saturated heterocycles. The fourth-order valence-corrected chi connectivity index (χ4v) is 3.29. The van der Waals surface area contributed by atoms with Crippen molar-refractivity contribution < 1.29 is 4.79 Å². The minimum atomic E-state index is 0.145. The van der Waals surface area contributed by atoms with E-state index in [1.54, 1.807) is 6.20 Å². The van der Waals surface area contributed by atoms with Gasteiger partial charge >= 0.3 is 0 Å². The molecule has 0 unspecified atom stereocenters. The van der Waals surface area contributed by atoms with Crippen LogP contribution in [0.1, 0.15) is 35.3 Å². The molecule has 1 spiro atoms. The molecule has 2 fully saturated rings. The number of nitrogens with one attached hydrogen (secondary N) is 1. The molecule has 3 rings (SSSR count). The van der Waals surface area contributed by atoms with Gasteiger partial charge in [0.25, 0.3) is 5.91 Å². The summed E-state index contributed by atoms with van der Waals surface area (Å²) in [5.41, 5.74) is 2.04. The van der Waals surface area contributed by atoms with E-state index in [4.69, 9.17) is 0 Å². The summed E-state index contributed by atoms with van der Waals surface area (Å²) >= 11 is 0. The second kappa shape index (κ2) is 4.93. The molecule has 1 aromatic rings. The SMILES string of the molecule is Cc1ncccc1C(=O)N1CCC2(CCNC2)CC1. The van der Waals surface area contributed by atoms with E-state index in [0.717, 1.165) is 50.3 Å². The van der Waals surface area contributed by atoms with E-state index in [2.05, 4.69) is 10.3 Å². The van der Waals surface area contributed by atoms with Crippen molar-refractivity contribution in [1.29, 1.82) is 0 Å². The van der Waals surface area contributed by atoms with Gasteiger partial charge in [0, 0.05) is 31.5 Å². The van der Waals surface area contributed by atoms with E-state index in [1.165, 1.54) is 6.42 Å². The number of piperidine rings is 1. The van der Waals surface area contributed by atoms with E-state index >= 15 is 0 Å². The average Bonchev–Trinajstić information content (AvgIpc) is 2.88. The molecule has 0 bridgehead atoms. The molecular weight excluding hydrogens is 238 g/mol. The van der Waals surface area contributed by atoms with Crippen LogP contribution in [0.4, 0.5) is 0 Å². The largest absolute Gasteiger partial charge is 0.339 e. The third-order valence-electron chi connectivity index (χ3n) is 4.68. The smallest absolute Gasteiger partial charge is 0.255 e. The third kappa shape index (κ3) is 2.37. The minimum absolute atomic E-state index is 0.145. The van der Waals surface area contributed by atoms with Crippen molar-refractivity contribution in [2.75, 3.05) is 26.2 Å². The summed E-state index contributed by atoms with van der Waals surface area (Å²) in [5, 5.41) is 3.45. The van der Waals surface area contributed by atoms with Crippen LogP contribution >= 0.6 is 0 Å². The zero-order chi connectivity index (χ0) is 13.3. The van der Waals surface area contributed by atoms with Gasteiger partial charge in [-0.1, -0.05) is 0 Å². The lowest BCUT2D eigenvalue weighted by Crippen LogP contribution is -2.44. The number of hydrogen-bond acceptors (Lipinski definition) is 3. The van der Waals surface area contributed by atoms with Gasteiger partial charge in [0.2, 0.25) is 0 Å². The maximum atomic E-state index is 12.5. The van der Waals surface area contributed by atoms with Crippen LogP contribution in [0.15, 0.2) is 18.3 Å². The Morgan fingerprint density at radius 1 is 1.37 bits per heavy atom. The molecule has 19 heavy (non-hydrogen) atoms. The molecular formula is C15H21N3O. The zero-order valence-electron chi connectivity index (χ0n) is 11.5. The Balaban J connectivity index is 1.68. The van der Waals surface area contributed by atoms with E-state index in [-0.39, 0.29) is 5.91 Å². The predicted octanol–water partition coefficient (Wildman–Crippen LogP) is 1.61. The Bertz CT molecular complexity index is 470. The van der Waals surface area contributed by atoms with Crippen molar-refractivity contribution in [3.63, 3.8) is 0 Å². The van der Waals surface area contributed by atoms with Gasteiger partial charge in [-0.15, -0.1) is 0 Å². The molecule has 0 aliphatic carbocycles. The lowest BCUT2D eigenvalue weighted by molar-refractivity contribution is 0.0606. The van der Waals surface area contributed by atoms with E-state index in [1.807, 2.05) is 24.0 Å². The third-order valence-corrected chi connectivity index (χ3v) is 4.68. The highest BCUT2D eigenvalue weighted by atomic mass is 16.2. The highest BCUT2D eigenvalue weighted by Gasteiger charge is 2.38. The molecule has 0 atom stereocenters. The average molecular weight is 259 g/mol. The number of aromatic nitrogens is 1. The van der Waals surface area contributed by atoms with E-state index in [9.17, 15) is 4.79 Å². The van der Waals surface area contributed by atoms with Crippen molar-refractivity contribution in [3.8, 4) is 0 Å². The van der Waals surface area contributed by atoms with Crippen LogP contribution in [0.3, 0.4) is 0 Å². The topological polar surface area (TPSA) is 45.2 Å². The van der Waals surface area contributed by atoms with Crippen LogP contribution in [-0.4, -0.2) is 42.0 Å². The highest BCUT2D eigenvalue weighted by Crippen LogP contribution is 2.37. The molecule has 4 nitrogen and oxygen atoms in total. The Labute approximate surface area is 114 Å². The summed E-state index contributed by atoms with van der Waals surface area (Å²) in [5.74, 6) is 0.145. The molecule has 0 radical (unpaired) electrons. The van der Waals surface area contributed by atoms with Gasteiger partial charge in [-0.05, 0) is 50.3 Å². The molecule has 1 aromatic heterocycles. The first-order valence-corrected chi connectivity index (χ1v) is 7.12. The number of hydrogen-bond donors (Lipinski definition) is 1. The minimum Gasteiger partial charge on any atom is -0.339 e. The maximum Gasteiger partial charge on any atom is 0.255 e. The molecule has 0 saturated carbocycles. The fraction of sp³-hybridized carbons (Fsp3) is 0.600. The summed E-state index contributed by atoms with van der Waals surface area (Å²) in [4.78, 5) is 18.7. The number of likely N-dealkylation sites (tertiary alicyclic amines) is 1. The molecule has 1 amide bonds. The van der Waals surface area contributed by atoms with Gasteiger partial charge in [-0.25, -0.2) is 0 Å². The van der Waals surface area contributed by atoms with Crippen LogP contribution in [0, 0.1) is 12.3 Å². The number of rotatable bonds is 1. The van der Waals surface area contributed by atoms with Crippen LogP contribution in [0.25, 0.3) is 0 Å². The number of aryl methyl sites for hydroxylation is 1. The summed E-state index contributed by atoms with van der Waals surface area (Å²) in [6.07, 6.45) is 5.26. The summed E-state index contributed by atoms with van der Waals surface area (Å²) in [6.45, 7) is 5.93. The predicted molar refractivity (Wildman–Crippen MR) is 74.0 cm³/mol. The number of pyridine rings is 1. The lowest BCUT2D eigenvalue weighted by atomic mass is 9.78. The summed E-state index contributed by atoms with van der Waals surface area (Å²) in [7, 11) is 0. The second-order valence-corrected chi connectivity index (χ2v) is 5.86. The van der Waals surface area contributed by atoms with E-state index in [0.29, 0.717) is 5.41 Å². The molecule has 102 valence electrons. The second-order valence-electron chi connectivity index (χ2n) is 5.86. The van der Waals surface area contributed by atoms with Crippen LogP contribution in [0.2, 0.25) is 0 Å². The fourth-order valence-electron chi connectivity index (χ4n) is 3.29. The monoisotopic (exact) mass is 259 g/mol. The molecule has 3 heterocycles. The van der Waals surface area contributed by atoms with Gasteiger partial charge in [-0.3, -0.25) is 9.78 Å². The Hall–Kier alpha value is -1.42. The van der Waals surface area contributed by atoms with Crippen LogP contribution in [0.5, 0.6) is 0 Å². The number of carbonyl (C=O) groups excluding carboxylic acids is 1. The van der Waals surface area contributed by atoms with Crippen molar-refractivity contribution in [3.05, 3.63) is 29.6 Å². The first kappa shape index (κ1) is 12.6. The van der Waals surface area contributed by atoms with Crippen molar-refractivity contribution in [2.24, 2.45) is 5.41 Å². The molecule has 0 aromatic carbocycles. The van der Waals surface area contributed by atoms with Crippen molar-refractivity contribution >= 4 is 5.91 Å².